The molecule has 1 N–H and O–H groups in total. The molecule has 1 aliphatic carbocycles. The van der Waals surface area contributed by atoms with Gasteiger partial charge in [0.1, 0.15) is 10.4 Å². The van der Waals surface area contributed by atoms with Gasteiger partial charge in [-0.1, -0.05) is 6.07 Å². The van der Waals surface area contributed by atoms with Gasteiger partial charge in [-0.15, -0.1) is 0 Å². The van der Waals surface area contributed by atoms with Gasteiger partial charge in [-0.25, -0.2) is 14.6 Å². The molecule has 1 unspecified atom stereocenters. The number of pyridine rings is 1. The van der Waals surface area contributed by atoms with Crippen LogP contribution in [0.5, 0.6) is 0 Å². The number of nitrogens with one attached hydrogen (secondary N) is 1. The number of carbonyl (C=O) groups excluding carboxylic acids is 1. The fraction of sp³-hybridized carbons (Fsp3) is 0.423. The molecule has 6 rings (SSSR count). The predicted molar refractivity (Wildman–Crippen MR) is 136 cm³/mol. The lowest BCUT2D eigenvalue weighted by Crippen LogP contribution is -2.48. The third-order valence-electron chi connectivity index (χ3n) is 7.29. The lowest BCUT2D eigenvalue weighted by molar-refractivity contribution is -0.126. The molecule has 3 aromatic heterocycles. The predicted octanol–water partition coefficient (Wildman–Crippen LogP) is 4.38. The number of hydrogen-bond acceptors (Lipinski definition) is 6. The van der Waals surface area contributed by atoms with Crippen LogP contribution < -0.4 is 5.32 Å². The molecule has 1 aromatic carbocycles. The molecule has 0 bridgehead atoms. The molecule has 8 nitrogen and oxygen atoms in total. The zero-order chi connectivity index (χ0) is 24.0. The minimum Gasteiger partial charge on any atom is -0.379 e. The SMILES string of the molecule is CC1(NC(=O)[C@@H]2CC[C@@H](Cc3ncc4c(Br)nn(-c5ccc6ncccc6c5)c4n3)C2)CCOC1. The van der Waals surface area contributed by atoms with Crippen molar-refractivity contribution in [2.75, 3.05) is 13.2 Å². The lowest BCUT2D eigenvalue weighted by atomic mass is 9.97. The Labute approximate surface area is 211 Å². The van der Waals surface area contributed by atoms with E-state index >= 15 is 0 Å². The molecule has 0 radical (unpaired) electrons. The molecule has 1 saturated carbocycles. The monoisotopic (exact) mass is 534 g/mol. The smallest absolute Gasteiger partial charge is 0.223 e. The summed E-state index contributed by atoms with van der Waals surface area (Å²) in [4.78, 5) is 26.8. The minimum absolute atomic E-state index is 0.0482. The summed E-state index contributed by atoms with van der Waals surface area (Å²) < 4.78 is 8.05. The van der Waals surface area contributed by atoms with Gasteiger partial charge in [-0.2, -0.15) is 5.10 Å². The van der Waals surface area contributed by atoms with E-state index in [4.69, 9.17) is 9.72 Å². The van der Waals surface area contributed by atoms with Crippen LogP contribution in [0.2, 0.25) is 0 Å². The number of nitrogens with zero attached hydrogens (tertiary/aromatic N) is 5. The first-order valence-electron chi connectivity index (χ1n) is 12.1. The van der Waals surface area contributed by atoms with Crippen LogP contribution in [-0.2, 0) is 16.0 Å². The highest BCUT2D eigenvalue weighted by atomic mass is 79.9. The molecular formula is C26H27BrN6O2. The third-order valence-corrected chi connectivity index (χ3v) is 7.87. The Morgan fingerprint density at radius 3 is 3.06 bits per heavy atom. The Morgan fingerprint density at radius 1 is 1.29 bits per heavy atom. The van der Waals surface area contributed by atoms with Crippen LogP contribution in [0, 0.1) is 11.8 Å². The second-order valence-corrected chi connectivity index (χ2v) is 10.8. The Kier molecular flexibility index (Phi) is 5.76. The Hall–Kier alpha value is -2.91. The molecule has 4 aromatic rings. The number of ether oxygens (including phenoxy) is 1. The van der Waals surface area contributed by atoms with E-state index in [1.807, 2.05) is 35.1 Å². The van der Waals surface area contributed by atoms with Crippen molar-refractivity contribution >= 4 is 43.8 Å². The quantitative estimate of drug-likeness (QED) is 0.408. The maximum absolute atomic E-state index is 12.9. The zero-order valence-corrected chi connectivity index (χ0v) is 21.2. The first-order valence-corrected chi connectivity index (χ1v) is 12.9. The molecule has 1 aliphatic heterocycles. The first-order chi connectivity index (χ1) is 17.0. The molecule has 9 heteroatoms. The van der Waals surface area contributed by atoms with Crippen molar-refractivity contribution in [2.45, 2.75) is 44.6 Å². The van der Waals surface area contributed by atoms with Gasteiger partial charge in [0.2, 0.25) is 5.91 Å². The van der Waals surface area contributed by atoms with Crippen molar-refractivity contribution < 1.29 is 9.53 Å². The number of carbonyl (C=O) groups is 1. The van der Waals surface area contributed by atoms with Gasteiger partial charge in [-0.05, 0) is 78.7 Å². The number of aromatic nitrogens is 5. The maximum Gasteiger partial charge on any atom is 0.223 e. The number of rotatable bonds is 5. The van der Waals surface area contributed by atoms with Crippen LogP contribution in [0.15, 0.2) is 47.3 Å². The van der Waals surface area contributed by atoms with Gasteiger partial charge >= 0.3 is 0 Å². The van der Waals surface area contributed by atoms with E-state index in [9.17, 15) is 4.79 Å². The Bertz CT molecular complexity index is 1410. The first kappa shape index (κ1) is 22.5. The Morgan fingerprint density at radius 2 is 2.20 bits per heavy atom. The maximum atomic E-state index is 12.9. The minimum atomic E-state index is -0.228. The number of fused-ring (bicyclic) bond motifs is 2. The van der Waals surface area contributed by atoms with Gasteiger partial charge in [-0.3, -0.25) is 9.78 Å². The topological polar surface area (TPSA) is 94.8 Å². The van der Waals surface area contributed by atoms with E-state index in [2.05, 4.69) is 49.3 Å². The highest BCUT2D eigenvalue weighted by Gasteiger charge is 2.36. The number of benzene rings is 1. The summed E-state index contributed by atoms with van der Waals surface area (Å²) in [7, 11) is 0. The second kappa shape index (κ2) is 8.95. The highest BCUT2D eigenvalue weighted by Crippen LogP contribution is 2.34. The van der Waals surface area contributed by atoms with Gasteiger partial charge in [0.05, 0.1) is 28.7 Å². The number of hydrogen-bond donors (Lipinski definition) is 1. The summed E-state index contributed by atoms with van der Waals surface area (Å²) in [6, 6.07) is 10.0. The summed E-state index contributed by atoms with van der Waals surface area (Å²) in [5, 5.41) is 9.83. The standard InChI is InChI=1S/C26H27BrN6O2/c1-26(8-10-35-15-26)31-25(34)18-5-4-16(11-18)12-22-29-14-20-23(27)32-33(24(20)30-22)19-6-7-21-17(13-19)3-2-9-28-21/h2-3,6-7,9,13-14,16,18H,4-5,8,10-12,15H2,1H3,(H,31,34)/t16-,18-,26?/m1/s1. The summed E-state index contributed by atoms with van der Waals surface area (Å²) >= 11 is 3.56. The zero-order valence-electron chi connectivity index (χ0n) is 19.6. The van der Waals surface area contributed by atoms with E-state index in [1.54, 1.807) is 6.20 Å². The van der Waals surface area contributed by atoms with Gasteiger partial charge < -0.3 is 10.1 Å². The molecule has 1 saturated heterocycles. The van der Waals surface area contributed by atoms with Crippen molar-refractivity contribution in [2.24, 2.45) is 11.8 Å². The lowest BCUT2D eigenvalue weighted by Gasteiger charge is -2.25. The normalized spacial score (nSPS) is 24.4. The molecular weight excluding hydrogens is 508 g/mol. The summed E-state index contributed by atoms with van der Waals surface area (Å²) in [5.41, 5.74) is 2.41. The highest BCUT2D eigenvalue weighted by molar-refractivity contribution is 9.10. The van der Waals surface area contributed by atoms with Crippen LogP contribution >= 0.6 is 15.9 Å². The van der Waals surface area contributed by atoms with Gasteiger partial charge in [0, 0.05) is 36.7 Å². The molecule has 1 amide bonds. The molecule has 4 heterocycles. The molecule has 3 atom stereocenters. The Balaban J connectivity index is 1.21. The van der Waals surface area contributed by atoms with Crippen molar-refractivity contribution in [3.63, 3.8) is 0 Å². The molecule has 180 valence electrons. The van der Waals surface area contributed by atoms with E-state index in [0.717, 1.165) is 65.6 Å². The second-order valence-electron chi connectivity index (χ2n) is 10.0. The summed E-state index contributed by atoms with van der Waals surface area (Å²) in [6.07, 6.45) is 8.04. The van der Waals surface area contributed by atoms with Crippen LogP contribution in [0.4, 0.5) is 0 Å². The van der Waals surface area contributed by atoms with Crippen molar-refractivity contribution in [3.8, 4) is 5.69 Å². The number of amides is 1. The fourth-order valence-corrected chi connectivity index (χ4v) is 5.74. The summed E-state index contributed by atoms with van der Waals surface area (Å²) in [6.45, 7) is 3.38. The molecule has 2 aliphatic rings. The van der Waals surface area contributed by atoms with Gasteiger partial charge in [0.15, 0.2) is 5.65 Å². The molecule has 2 fully saturated rings. The third kappa shape index (κ3) is 4.43. The van der Waals surface area contributed by atoms with Crippen molar-refractivity contribution in [3.05, 3.63) is 53.2 Å². The van der Waals surface area contributed by atoms with Crippen LogP contribution in [0.1, 0.15) is 38.4 Å². The van der Waals surface area contributed by atoms with Gasteiger partial charge in [0.25, 0.3) is 0 Å². The average Bonchev–Trinajstić information content (AvgIpc) is 3.58. The van der Waals surface area contributed by atoms with Crippen molar-refractivity contribution in [1.82, 2.24) is 30.0 Å². The number of halogens is 1. The fourth-order valence-electron chi connectivity index (χ4n) is 5.30. The van der Waals surface area contributed by atoms with Crippen LogP contribution in [0.25, 0.3) is 27.6 Å². The summed E-state index contributed by atoms with van der Waals surface area (Å²) in [5.74, 6) is 1.38. The van der Waals surface area contributed by atoms with E-state index in [0.29, 0.717) is 23.7 Å². The van der Waals surface area contributed by atoms with Crippen LogP contribution in [-0.4, -0.2) is 49.4 Å². The average molecular weight is 535 g/mol. The molecule has 0 spiro atoms. The largest absolute Gasteiger partial charge is 0.379 e. The molecule has 35 heavy (non-hydrogen) atoms. The van der Waals surface area contributed by atoms with Crippen molar-refractivity contribution in [1.29, 1.82) is 0 Å². The van der Waals surface area contributed by atoms with E-state index in [1.165, 1.54) is 0 Å². The van der Waals surface area contributed by atoms with Crippen LogP contribution in [0.3, 0.4) is 0 Å². The van der Waals surface area contributed by atoms with E-state index in [-0.39, 0.29) is 17.4 Å². The van der Waals surface area contributed by atoms with E-state index < -0.39 is 0 Å².